The first kappa shape index (κ1) is 16.0. The van der Waals surface area contributed by atoms with Gasteiger partial charge in [0.05, 0.1) is 36.7 Å². The molecule has 1 amide bonds. The summed E-state index contributed by atoms with van der Waals surface area (Å²) >= 11 is 0. The Labute approximate surface area is 146 Å². The van der Waals surface area contributed by atoms with Crippen molar-refractivity contribution >= 4 is 11.7 Å². The van der Waals surface area contributed by atoms with E-state index in [1.54, 1.807) is 17.1 Å². The zero-order valence-corrected chi connectivity index (χ0v) is 14.6. The van der Waals surface area contributed by atoms with E-state index in [1.807, 2.05) is 24.9 Å². The predicted molar refractivity (Wildman–Crippen MR) is 91.4 cm³/mol. The van der Waals surface area contributed by atoms with Gasteiger partial charge in [-0.1, -0.05) is 0 Å². The van der Waals surface area contributed by atoms with Gasteiger partial charge in [0.1, 0.15) is 11.6 Å². The molecule has 0 aromatic carbocycles. The summed E-state index contributed by atoms with van der Waals surface area (Å²) in [5.74, 6) is 1.67. The fourth-order valence-electron chi connectivity index (χ4n) is 3.34. The summed E-state index contributed by atoms with van der Waals surface area (Å²) in [6.45, 7) is 5.74. The normalized spacial score (nSPS) is 20.5. The second-order valence-electron chi connectivity index (χ2n) is 6.50. The number of anilines is 1. The average Bonchev–Trinajstić information content (AvgIpc) is 3.01. The second-order valence-corrected chi connectivity index (χ2v) is 6.50. The summed E-state index contributed by atoms with van der Waals surface area (Å²) in [6, 6.07) is 2.03. The van der Waals surface area contributed by atoms with Crippen molar-refractivity contribution < 1.29 is 9.53 Å². The molecular formula is C17H22N6O2. The highest BCUT2D eigenvalue weighted by Gasteiger charge is 2.36. The third-order valence-corrected chi connectivity index (χ3v) is 4.75. The molecule has 132 valence electrons. The van der Waals surface area contributed by atoms with E-state index in [1.165, 1.54) is 0 Å². The molecule has 8 nitrogen and oxygen atoms in total. The smallest absolute Gasteiger partial charge is 0.257 e. The van der Waals surface area contributed by atoms with Gasteiger partial charge in [-0.25, -0.2) is 9.97 Å². The third-order valence-electron chi connectivity index (χ3n) is 4.75. The SMILES string of the molecule is Cc1nc([C@@H]2CCN2C(=O)c2cnn(C)c2)cc(N2CCOCC2)n1. The highest BCUT2D eigenvalue weighted by molar-refractivity contribution is 5.94. The molecule has 1 atom stereocenters. The molecule has 25 heavy (non-hydrogen) atoms. The molecule has 0 saturated carbocycles. The van der Waals surface area contributed by atoms with Crippen LogP contribution in [0.3, 0.4) is 0 Å². The number of hydrogen-bond acceptors (Lipinski definition) is 6. The Bertz CT molecular complexity index is 783. The Kier molecular flexibility index (Phi) is 4.12. The van der Waals surface area contributed by atoms with Gasteiger partial charge in [-0.3, -0.25) is 9.48 Å². The van der Waals surface area contributed by atoms with Crippen molar-refractivity contribution in [3.63, 3.8) is 0 Å². The number of ether oxygens (including phenoxy) is 1. The molecule has 0 unspecified atom stereocenters. The Balaban J connectivity index is 1.56. The second kappa shape index (κ2) is 6.44. The average molecular weight is 342 g/mol. The van der Waals surface area contributed by atoms with E-state index in [0.29, 0.717) is 18.8 Å². The summed E-state index contributed by atoms with van der Waals surface area (Å²) in [4.78, 5) is 25.9. The zero-order valence-electron chi connectivity index (χ0n) is 14.6. The first-order valence-electron chi connectivity index (χ1n) is 8.60. The molecule has 4 heterocycles. The van der Waals surface area contributed by atoms with E-state index in [9.17, 15) is 4.79 Å². The van der Waals surface area contributed by atoms with Crippen molar-refractivity contribution in [2.45, 2.75) is 19.4 Å². The maximum absolute atomic E-state index is 12.7. The predicted octanol–water partition coefficient (Wildman–Crippen LogP) is 0.942. The first-order valence-corrected chi connectivity index (χ1v) is 8.60. The number of morpholine rings is 1. The molecule has 8 heteroatoms. The van der Waals surface area contributed by atoms with Crippen molar-refractivity contribution in [1.82, 2.24) is 24.6 Å². The minimum Gasteiger partial charge on any atom is -0.378 e. The number of aromatic nitrogens is 4. The first-order chi connectivity index (χ1) is 12.1. The van der Waals surface area contributed by atoms with Crippen LogP contribution in [0.1, 0.15) is 34.3 Å². The molecule has 0 bridgehead atoms. The largest absolute Gasteiger partial charge is 0.378 e. The number of carbonyl (C=O) groups is 1. The number of hydrogen-bond donors (Lipinski definition) is 0. The maximum Gasteiger partial charge on any atom is 0.257 e. The fourth-order valence-corrected chi connectivity index (χ4v) is 3.34. The monoisotopic (exact) mass is 342 g/mol. The molecular weight excluding hydrogens is 320 g/mol. The van der Waals surface area contributed by atoms with Crippen molar-refractivity contribution in [3.8, 4) is 0 Å². The van der Waals surface area contributed by atoms with Crippen LogP contribution < -0.4 is 4.90 Å². The Morgan fingerprint density at radius 3 is 2.68 bits per heavy atom. The lowest BCUT2D eigenvalue weighted by atomic mass is 9.98. The minimum atomic E-state index is 0.00791. The van der Waals surface area contributed by atoms with Gasteiger partial charge in [-0.2, -0.15) is 5.10 Å². The van der Waals surface area contributed by atoms with Crippen LogP contribution in [0.2, 0.25) is 0 Å². The van der Waals surface area contributed by atoms with Crippen LogP contribution in [0.4, 0.5) is 5.82 Å². The summed E-state index contributed by atoms with van der Waals surface area (Å²) < 4.78 is 7.06. The van der Waals surface area contributed by atoms with E-state index in [-0.39, 0.29) is 11.9 Å². The molecule has 2 fully saturated rings. The van der Waals surface area contributed by atoms with Gasteiger partial charge >= 0.3 is 0 Å². The summed E-state index contributed by atoms with van der Waals surface area (Å²) in [6.07, 6.45) is 4.29. The van der Waals surface area contributed by atoms with E-state index in [4.69, 9.17) is 4.74 Å². The molecule has 2 aliphatic heterocycles. The van der Waals surface area contributed by atoms with Gasteiger partial charge in [0.25, 0.3) is 5.91 Å². The van der Waals surface area contributed by atoms with Gasteiger partial charge in [-0.15, -0.1) is 0 Å². The lowest BCUT2D eigenvalue weighted by Gasteiger charge is -2.40. The van der Waals surface area contributed by atoms with Gasteiger partial charge in [0.2, 0.25) is 0 Å². The number of carbonyl (C=O) groups excluding carboxylic acids is 1. The van der Waals surface area contributed by atoms with Crippen LogP contribution in [-0.2, 0) is 11.8 Å². The standard InChI is InChI=1S/C17H22N6O2/c1-12-19-14(9-16(20-12)22-5-7-25-8-6-22)15-3-4-23(15)17(24)13-10-18-21(2)11-13/h9-11,15H,3-8H2,1-2H3/t15-/m0/s1. The van der Waals surface area contributed by atoms with Crippen molar-refractivity contribution in [2.24, 2.45) is 7.05 Å². The van der Waals surface area contributed by atoms with Crippen molar-refractivity contribution in [3.05, 3.63) is 35.5 Å². The Morgan fingerprint density at radius 1 is 1.24 bits per heavy atom. The Morgan fingerprint density at radius 2 is 2.04 bits per heavy atom. The van der Waals surface area contributed by atoms with Crippen LogP contribution in [0.25, 0.3) is 0 Å². The van der Waals surface area contributed by atoms with Crippen LogP contribution in [0, 0.1) is 6.92 Å². The maximum atomic E-state index is 12.7. The number of likely N-dealkylation sites (tertiary alicyclic amines) is 1. The van der Waals surface area contributed by atoms with Gasteiger partial charge in [-0.05, 0) is 13.3 Å². The van der Waals surface area contributed by atoms with Crippen molar-refractivity contribution in [1.29, 1.82) is 0 Å². The van der Waals surface area contributed by atoms with Gasteiger partial charge in [0.15, 0.2) is 0 Å². The van der Waals surface area contributed by atoms with E-state index in [0.717, 1.165) is 43.4 Å². The van der Waals surface area contributed by atoms with Crippen LogP contribution in [0.15, 0.2) is 18.5 Å². The van der Waals surface area contributed by atoms with Gasteiger partial charge in [0, 0.05) is 38.9 Å². The Hall–Kier alpha value is -2.48. The summed E-state index contributed by atoms with van der Waals surface area (Å²) in [5, 5.41) is 4.09. The molecule has 2 aromatic heterocycles. The van der Waals surface area contributed by atoms with Crippen LogP contribution in [0.5, 0.6) is 0 Å². The molecule has 2 saturated heterocycles. The molecule has 2 aromatic rings. The topological polar surface area (TPSA) is 76.4 Å². The fraction of sp³-hybridized carbons (Fsp3) is 0.529. The lowest BCUT2D eigenvalue weighted by molar-refractivity contribution is 0.0450. The molecule has 4 rings (SSSR count). The molecule has 0 N–H and O–H groups in total. The van der Waals surface area contributed by atoms with E-state index < -0.39 is 0 Å². The van der Waals surface area contributed by atoms with Crippen molar-refractivity contribution in [2.75, 3.05) is 37.7 Å². The highest BCUT2D eigenvalue weighted by atomic mass is 16.5. The quantitative estimate of drug-likeness (QED) is 0.826. The van der Waals surface area contributed by atoms with Crippen LogP contribution in [-0.4, -0.2) is 63.4 Å². The highest BCUT2D eigenvalue weighted by Crippen LogP contribution is 2.34. The number of rotatable bonds is 3. The minimum absolute atomic E-state index is 0.00791. The molecule has 0 radical (unpaired) electrons. The molecule has 0 spiro atoms. The lowest BCUT2D eigenvalue weighted by Crippen LogP contribution is -2.45. The van der Waals surface area contributed by atoms with E-state index >= 15 is 0 Å². The third kappa shape index (κ3) is 3.09. The summed E-state index contributed by atoms with van der Waals surface area (Å²) in [5.41, 5.74) is 1.53. The number of aryl methyl sites for hydroxylation is 2. The van der Waals surface area contributed by atoms with Gasteiger partial charge < -0.3 is 14.5 Å². The number of nitrogens with zero attached hydrogens (tertiary/aromatic N) is 6. The summed E-state index contributed by atoms with van der Waals surface area (Å²) in [7, 11) is 1.81. The number of amides is 1. The van der Waals surface area contributed by atoms with Crippen LogP contribution >= 0.6 is 0 Å². The zero-order chi connectivity index (χ0) is 17.4. The molecule has 0 aliphatic carbocycles. The van der Waals surface area contributed by atoms with E-state index in [2.05, 4.69) is 20.0 Å². The molecule has 2 aliphatic rings.